The third kappa shape index (κ3) is 5.13. The molecule has 4 nitrogen and oxygen atoms in total. The SMILES string of the molecule is CCOc1ccc(NC(=O)N(Cc2ccccc2)C(C)c2ccccc2)cc1. The second-order valence-corrected chi connectivity index (χ2v) is 6.59. The van der Waals surface area contributed by atoms with Crippen molar-refractivity contribution in [3.63, 3.8) is 0 Å². The first-order chi connectivity index (χ1) is 13.7. The lowest BCUT2D eigenvalue weighted by Gasteiger charge is -2.30. The number of carbonyl (C=O) groups is 1. The molecule has 3 aromatic carbocycles. The van der Waals surface area contributed by atoms with Crippen molar-refractivity contribution < 1.29 is 9.53 Å². The second kappa shape index (κ2) is 9.60. The standard InChI is InChI=1S/C24H26N2O2/c1-3-28-23-16-14-22(15-17-23)25-24(27)26(18-20-10-6-4-7-11-20)19(2)21-12-8-5-9-13-21/h4-17,19H,3,18H2,1-2H3,(H,25,27). The lowest BCUT2D eigenvalue weighted by molar-refractivity contribution is 0.189. The molecule has 0 aliphatic heterocycles. The molecule has 0 aliphatic carbocycles. The van der Waals surface area contributed by atoms with Crippen LogP contribution in [0.1, 0.15) is 31.0 Å². The van der Waals surface area contributed by atoms with Crippen LogP contribution < -0.4 is 10.1 Å². The molecule has 28 heavy (non-hydrogen) atoms. The van der Waals surface area contributed by atoms with Crippen LogP contribution in [0.25, 0.3) is 0 Å². The summed E-state index contributed by atoms with van der Waals surface area (Å²) in [5, 5.41) is 3.01. The van der Waals surface area contributed by atoms with Gasteiger partial charge in [0.2, 0.25) is 0 Å². The first-order valence-corrected chi connectivity index (χ1v) is 9.56. The molecule has 0 bridgehead atoms. The molecule has 3 rings (SSSR count). The van der Waals surface area contributed by atoms with Crippen LogP contribution in [0.2, 0.25) is 0 Å². The fourth-order valence-corrected chi connectivity index (χ4v) is 3.07. The highest BCUT2D eigenvalue weighted by atomic mass is 16.5. The summed E-state index contributed by atoms with van der Waals surface area (Å²) in [5.41, 5.74) is 2.93. The van der Waals surface area contributed by atoms with Gasteiger partial charge in [0.25, 0.3) is 0 Å². The fourth-order valence-electron chi connectivity index (χ4n) is 3.07. The van der Waals surface area contributed by atoms with E-state index in [9.17, 15) is 4.79 Å². The van der Waals surface area contributed by atoms with Gasteiger partial charge in [0.1, 0.15) is 5.75 Å². The van der Waals surface area contributed by atoms with Crippen molar-refractivity contribution in [2.75, 3.05) is 11.9 Å². The summed E-state index contributed by atoms with van der Waals surface area (Å²) >= 11 is 0. The minimum absolute atomic E-state index is 0.0656. The number of benzene rings is 3. The first kappa shape index (κ1) is 19.5. The van der Waals surface area contributed by atoms with E-state index < -0.39 is 0 Å². The number of hydrogen-bond donors (Lipinski definition) is 1. The highest BCUT2D eigenvalue weighted by molar-refractivity contribution is 5.89. The predicted molar refractivity (Wildman–Crippen MR) is 113 cm³/mol. The van der Waals surface area contributed by atoms with E-state index in [1.54, 1.807) is 0 Å². The lowest BCUT2D eigenvalue weighted by Crippen LogP contribution is -2.36. The zero-order chi connectivity index (χ0) is 19.8. The number of nitrogens with one attached hydrogen (secondary N) is 1. The highest BCUT2D eigenvalue weighted by Crippen LogP contribution is 2.24. The molecule has 0 spiro atoms. The number of nitrogens with zero attached hydrogens (tertiary/aromatic N) is 1. The third-order valence-corrected chi connectivity index (χ3v) is 4.62. The number of amides is 2. The molecule has 0 radical (unpaired) electrons. The zero-order valence-corrected chi connectivity index (χ0v) is 16.3. The summed E-state index contributed by atoms with van der Waals surface area (Å²) < 4.78 is 5.47. The average molecular weight is 374 g/mol. The molecule has 144 valence electrons. The summed E-state index contributed by atoms with van der Waals surface area (Å²) in [6, 6.07) is 27.4. The number of hydrogen-bond acceptors (Lipinski definition) is 2. The van der Waals surface area contributed by atoms with Crippen molar-refractivity contribution in [2.45, 2.75) is 26.4 Å². The van der Waals surface area contributed by atoms with Crippen LogP contribution in [0.4, 0.5) is 10.5 Å². The van der Waals surface area contributed by atoms with Gasteiger partial charge in [-0.3, -0.25) is 0 Å². The van der Waals surface area contributed by atoms with Gasteiger partial charge >= 0.3 is 6.03 Å². The molecule has 2 amide bonds. The third-order valence-electron chi connectivity index (χ3n) is 4.62. The van der Waals surface area contributed by atoms with Crippen molar-refractivity contribution in [1.29, 1.82) is 0 Å². The largest absolute Gasteiger partial charge is 0.494 e. The van der Waals surface area contributed by atoms with Crippen molar-refractivity contribution in [2.24, 2.45) is 0 Å². The summed E-state index contributed by atoms with van der Waals surface area (Å²) in [7, 11) is 0. The molecular weight excluding hydrogens is 348 g/mol. The summed E-state index contributed by atoms with van der Waals surface area (Å²) in [5.74, 6) is 0.791. The maximum atomic E-state index is 13.1. The number of carbonyl (C=O) groups excluding carboxylic acids is 1. The molecule has 1 atom stereocenters. The van der Waals surface area contributed by atoms with E-state index in [0.29, 0.717) is 13.2 Å². The van der Waals surface area contributed by atoms with Gasteiger partial charge in [-0.15, -0.1) is 0 Å². The molecule has 0 aliphatic rings. The Morgan fingerprint density at radius 3 is 2.14 bits per heavy atom. The van der Waals surface area contributed by atoms with Crippen molar-refractivity contribution >= 4 is 11.7 Å². The van der Waals surface area contributed by atoms with Crippen molar-refractivity contribution in [3.8, 4) is 5.75 Å². The molecule has 0 aromatic heterocycles. The number of urea groups is 1. The normalized spacial score (nSPS) is 11.5. The van der Waals surface area contributed by atoms with Gasteiger partial charge in [0.05, 0.1) is 12.6 Å². The topological polar surface area (TPSA) is 41.6 Å². The average Bonchev–Trinajstić information content (AvgIpc) is 2.74. The molecule has 0 heterocycles. The van der Waals surface area contributed by atoms with Crippen LogP contribution in [0.3, 0.4) is 0 Å². The van der Waals surface area contributed by atoms with Crippen LogP contribution in [0.5, 0.6) is 5.75 Å². The van der Waals surface area contributed by atoms with Gasteiger partial charge in [-0.2, -0.15) is 0 Å². The van der Waals surface area contributed by atoms with Crippen LogP contribution in [-0.2, 0) is 6.54 Å². The van der Waals surface area contributed by atoms with E-state index in [1.165, 1.54) is 0 Å². The van der Waals surface area contributed by atoms with Gasteiger partial charge in [0.15, 0.2) is 0 Å². The Hall–Kier alpha value is -3.27. The van der Waals surface area contributed by atoms with Crippen LogP contribution in [-0.4, -0.2) is 17.5 Å². The molecule has 3 aromatic rings. The van der Waals surface area contributed by atoms with Gasteiger partial charge < -0.3 is 15.0 Å². The van der Waals surface area contributed by atoms with E-state index in [0.717, 1.165) is 22.6 Å². The molecule has 1 N–H and O–H groups in total. The Morgan fingerprint density at radius 1 is 0.929 bits per heavy atom. The fraction of sp³-hybridized carbons (Fsp3) is 0.208. The summed E-state index contributed by atoms with van der Waals surface area (Å²) in [4.78, 5) is 15.0. The minimum Gasteiger partial charge on any atom is -0.494 e. The second-order valence-electron chi connectivity index (χ2n) is 6.59. The van der Waals surface area contributed by atoms with Crippen LogP contribution >= 0.6 is 0 Å². The molecule has 0 fully saturated rings. The van der Waals surface area contributed by atoms with E-state index in [1.807, 2.05) is 96.8 Å². The van der Waals surface area contributed by atoms with Crippen molar-refractivity contribution in [3.05, 3.63) is 96.1 Å². The Balaban J connectivity index is 1.79. The molecule has 4 heteroatoms. The number of ether oxygens (including phenoxy) is 1. The van der Waals surface area contributed by atoms with Crippen LogP contribution in [0, 0.1) is 0 Å². The van der Waals surface area contributed by atoms with Gasteiger partial charge in [-0.1, -0.05) is 60.7 Å². The number of anilines is 1. The highest BCUT2D eigenvalue weighted by Gasteiger charge is 2.22. The van der Waals surface area contributed by atoms with Gasteiger partial charge in [-0.25, -0.2) is 4.79 Å². The Bertz CT molecular complexity index is 864. The minimum atomic E-state index is -0.135. The maximum absolute atomic E-state index is 13.1. The molecule has 0 saturated carbocycles. The number of rotatable bonds is 7. The summed E-state index contributed by atoms with van der Waals surface area (Å²) in [6.45, 7) is 5.14. The summed E-state index contributed by atoms with van der Waals surface area (Å²) in [6.07, 6.45) is 0. The molecular formula is C24H26N2O2. The van der Waals surface area contributed by atoms with E-state index in [2.05, 4.69) is 12.2 Å². The zero-order valence-electron chi connectivity index (χ0n) is 16.3. The van der Waals surface area contributed by atoms with Crippen molar-refractivity contribution in [1.82, 2.24) is 4.90 Å². The quantitative estimate of drug-likeness (QED) is 0.561. The molecule has 1 unspecified atom stereocenters. The molecule has 0 saturated heterocycles. The maximum Gasteiger partial charge on any atom is 0.322 e. The first-order valence-electron chi connectivity index (χ1n) is 9.56. The predicted octanol–water partition coefficient (Wildman–Crippen LogP) is 5.88. The Kier molecular flexibility index (Phi) is 6.68. The van der Waals surface area contributed by atoms with Gasteiger partial charge in [-0.05, 0) is 49.2 Å². The Morgan fingerprint density at radius 2 is 1.54 bits per heavy atom. The Labute approximate surface area is 166 Å². The monoisotopic (exact) mass is 374 g/mol. The lowest BCUT2D eigenvalue weighted by atomic mass is 10.1. The van der Waals surface area contributed by atoms with Crippen LogP contribution in [0.15, 0.2) is 84.9 Å². The van der Waals surface area contributed by atoms with E-state index in [4.69, 9.17) is 4.74 Å². The van der Waals surface area contributed by atoms with E-state index in [-0.39, 0.29) is 12.1 Å². The smallest absolute Gasteiger partial charge is 0.322 e. The van der Waals surface area contributed by atoms with E-state index >= 15 is 0 Å². The van der Waals surface area contributed by atoms with Gasteiger partial charge in [0, 0.05) is 12.2 Å².